The van der Waals surface area contributed by atoms with Crippen LogP contribution in [0.15, 0.2) is 42.5 Å². The number of hydrogen-bond donors (Lipinski definition) is 2. The molecule has 1 saturated carbocycles. The van der Waals surface area contributed by atoms with E-state index in [1.807, 2.05) is 37.3 Å². The summed E-state index contributed by atoms with van der Waals surface area (Å²) in [5, 5.41) is 6.25. The summed E-state index contributed by atoms with van der Waals surface area (Å²) in [6.07, 6.45) is 1.08. The van der Waals surface area contributed by atoms with E-state index in [0.29, 0.717) is 35.8 Å². The van der Waals surface area contributed by atoms with E-state index >= 15 is 0 Å². The van der Waals surface area contributed by atoms with Crippen LogP contribution in [0.3, 0.4) is 0 Å². The molecule has 2 aromatic carbocycles. The molecule has 2 N–H and O–H groups in total. The quantitative estimate of drug-likeness (QED) is 0.760. The van der Waals surface area contributed by atoms with Crippen LogP contribution in [-0.4, -0.2) is 18.9 Å². The second-order valence-corrected chi connectivity index (χ2v) is 6.93. The maximum atomic E-state index is 12.7. The van der Waals surface area contributed by atoms with Crippen LogP contribution in [0.1, 0.15) is 24.0 Å². The van der Waals surface area contributed by atoms with Crippen LogP contribution in [0, 0.1) is 12.3 Å². The van der Waals surface area contributed by atoms with Crippen LogP contribution in [0.2, 0.25) is 5.02 Å². The molecule has 2 amide bonds. The lowest BCUT2D eigenvalue weighted by atomic mass is 10.0. The first kappa shape index (κ1) is 18.3. The van der Waals surface area contributed by atoms with Gasteiger partial charge in [0.2, 0.25) is 11.8 Å². The Labute approximate surface area is 157 Å². The molecule has 5 nitrogen and oxygen atoms in total. The zero-order valence-electron chi connectivity index (χ0n) is 14.8. The molecule has 0 bridgehead atoms. The second kappa shape index (κ2) is 7.38. The maximum Gasteiger partial charge on any atom is 0.240 e. The molecule has 0 radical (unpaired) electrons. The average Bonchev–Trinajstić information content (AvgIpc) is 3.45. The van der Waals surface area contributed by atoms with Crippen molar-refractivity contribution < 1.29 is 14.3 Å². The third-order valence-corrected chi connectivity index (χ3v) is 4.93. The van der Waals surface area contributed by atoms with Gasteiger partial charge in [-0.15, -0.1) is 0 Å². The minimum atomic E-state index is -1.00. The highest BCUT2D eigenvalue weighted by atomic mass is 35.5. The predicted molar refractivity (Wildman–Crippen MR) is 101 cm³/mol. The number of amides is 2. The normalized spacial score (nSPS) is 14.4. The number of carbonyl (C=O) groups is 2. The number of nitrogens with one attached hydrogen (secondary N) is 2. The van der Waals surface area contributed by atoms with Crippen LogP contribution in [0.4, 0.5) is 5.69 Å². The molecular formula is C20H21ClN2O3. The third-order valence-electron chi connectivity index (χ3n) is 4.70. The van der Waals surface area contributed by atoms with Gasteiger partial charge >= 0.3 is 0 Å². The molecule has 0 heterocycles. The molecule has 3 rings (SSSR count). The van der Waals surface area contributed by atoms with Crippen LogP contribution in [-0.2, 0) is 16.1 Å². The minimum Gasteiger partial charge on any atom is -0.496 e. The van der Waals surface area contributed by atoms with Gasteiger partial charge < -0.3 is 15.4 Å². The van der Waals surface area contributed by atoms with Gasteiger partial charge in [-0.2, -0.15) is 0 Å². The van der Waals surface area contributed by atoms with Gasteiger partial charge in [0.15, 0.2) is 0 Å². The Morgan fingerprint density at radius 3 is 2.58 bits per heavy atom. The molecule has 0 aromatic heterocycles. The number of rotatable bonds is 6. The fourth-order valence-electron chi connectivity index (χ4n) is 2.85. The Hall–Kier alpha value is -2.53. The highest BCUT2D eigenvalue weighted by molar-refractivity contribution is 6.31. The summed E-state index contributed by atoms with van der Waals surface area (Å²) in [6.45, 7) is 2.20. The monoisotopic (exact) mass is 372 g/mol. The SMILES string of the molecule is COc1ccccc1CNC(=O)C1(C(=O)Nc2cc(Cl)ccc2C)CC1. The summed E-state index contributed by atoms with van der Waals surface area (Å²) in [4.78, 5) is 25.3. The van der Waals surface area contributed by atoms with Gasteiger partial charge in [-0.3, -0.25) is 9.59 Å². The zero-order chi connectivity index (χ0) is 18.7. The van der Waals surface area contributed by atoms with E-state index < -0.39 is 5.41 Å². The Morgan fingerprint density at radius 1 is 1.15 bits per heavy atom. The van der Waals surface area contributed by atoms with Crippen molar-refractivity contribution in [1.29, 1.82) is 0 Å². The highest BCUT2D eigenvalue weighted by Crippen LogP contribution is 2.47. The summed E-state index contributed by atoms with van der Waals surface area (Å²) in [7, 11) is 1.59. The summed E-state index contributed by atoms with van der Waals surface area (Å²) in [5.74, 6) is 0.151. The molecule has 0 saturated heterocycles. The molecule has 6 heteroatoms. The number of anilines is 1. The summed E-state index contributed by atoms with van der Waals surface area (Å²) >= 11 is 6.00. The van der Waals surface area contributed by atoms with Crippen molar-refractivity contribution in [2.24, 2.45) is 5.41 Å². The van der Waals surface area contributed by atoms with Gasteiger partial charge in [0, 0.05) is 22.8 Å². The number of halogens is 1. The smallest absolute Gasteiger partial charge is 0.240 e. The van der Waals surface area contributed by atoms with E-state index in [9.17, 15) is 9.59 Å². The van der Waals surface area contributed by atoms with Crippen LogP contribution < -0.4 is 15.4 Å². The second-order valence-electron chi connectivity index (χ2n) is 6.49. The number of carbonyl (C=O) groups excluding carboxylic acids is 2. The fraction of sp³-hybridized carbons (Fsp3) is 0.300. The van der Waals surface area contributed by atoms with Gasteiger partial charge in [0.05, 0.1) is 7.11 Å². The number of methoxy groups -OCH3 is 1. The van der Waals surface area contributed by atoms with Crippen LogP contribution >= 0.6 is 11.6 Å². The molecule has 0 atom stereocenters. The maximum absolute atomic E-state index is 12.7. The number of aryl methyl sites for hydroxylation is 1. The predicted octanol–water partition coefficient (Wildman–Crippen LogP) is 3.69. The first-order valence-corrected chi connectivity index (χ1v) is 8.82. The molecule has 2 aromatic rings. The standard InChI is InChI=1S/C20H21ClN2O3/c1-13-7-8-15(21)11-16(13)23-19(25)20(9-10-20)18(24)22-12-14-5-3-4-6-17(14)26-2/h3-8,11H,9-10,12H2,1-2H3,(H,22,24)(H,23,25). The lowest BCUT2D eigenvalue weighted by Gasteiger charge is -2.17. The lowest BCUT2D eigenvalue weighted by Crippen LogP contribution is -2.39. The van der Waals surface area contributed by atoms with Crippen molar-refractivity contribution in [1.82, 2.24) is 5.32 Å². The van der Waals surface area contributed by atoms with Crippen LogP contribution in [0.5, 0.6) is 5.75 Å². The first-order chi connectivity index (χ1) is 12.5. The topological polar surface area (TPSA) is 67.4 Å². The van der Waals surface area contributed by atoms with Crippen LogP contribution in [0.25, 0.3) is 0 Å². The number of benzene rings is 2. The van der Waals surface area contributed by atoms with Gasteiger partial charge in [-0.1, -0.05) is 35.9 Å². The van der Waals surface area contributed by atoms with Gasteiger partial charge in [0.1, 0.15) is 11.2 Å². The minimum absolute atomic E-state index is 0.263. The van der Waals surface area contributed by atoms with Crippen molar-refractivity contribution in [3.05, 3.63) is 58.6 Å². The molecule has 1 fully saturated rings. The van der Waals surface area contributed by atoms with Crippen molar-refractivity contribution in [2.75, 3.05) is 12.4 Å². The molecule has 0 aliphatic heterocycles. The summed E-state index contributed by atoms with van der Waals surface area (Å²) < 4.78 is 5.29. The van der Waals surface area contributed by atoms with Crippen molar-refractivity contribution in [3.8, 4) is 5.75 Å². The summed E-state index contributed by atoms with van der Waals surface area (Å²) in [5.41, 5.74) is 1.39. The first-order valence-electron chi connectivity index (χ1n) is 8.44. The Balaban J connectivity index is 1.67. The van der Waals surface area contributed by atoms with E-state index in [1.54, 1.807) is 19.2 Å². The fourth-order valence-corrected chi connectivity index (χ4v) is 3.02. The number of hydrogen-bond acceptors (Lipinski definition) is 3. The summed E-state index contributed by atoms with van der Waals surface area (Å²) in [6, 6.07) is 12.8. The van der Waals surface area contributed by atoms with Gasteiger partial charge in [0.25, 0.3) is 0 Å². The molecule has 1 aliphatic carbocycles. The lowest BCUT2D eigenvalue weighted by molar-refractivity contribution is -0.134. The van der Waals surface area contributed by atoms with E-state index in [2.05, 4.69) is 10.6 Å². The molecule has 26 heavy (non-hydrogen) atoms. The highest BCUT2D eigenvalue weighted by Gasteiger charge is 2.56. The Bertz CT molecular complexity index is 847. The van der Waals surface area contributed by atoms with Crippen molar-refractivity contribution in [3.63, 3.8) is 0 Å². The number of ether oxygens (including phenoxy) is 1. The molecule has 0 spiro atoms. The van der Waals surface area contributed by atoms with E-state index in [-0.39, 0.29) is 11.8 Å². The molecular weight excluding hydrogens is 352 g/mol. The average molecular weight is 373 g/mol. The molecule has 1 aliphatic rings. The van der Waals surface area contributed by atoms with Gasteiger partial charge in [-0.05, 0) is 43.5 Å². The third kappa shape index (κ3) is 3.68. The molecule has 136 valence electrons. The Kier molecular flexibility index (Phi) is 5.18. The molecule has 0 unspecified atom stereocenters. The van der Waals surface area contributed by atoms with E-state index in [0.717, 1.165) is 11.1 Å². The van der Waals surface area contributed by atoms with Crippen molar-refractivity contribution >= 4 is 29.1 Å². The van der Waals surface area contributed by atoms with Gasteiger partial charge in [-0.25, -0.2) is 0 Å². The Morgan fingerprint density at radius 2 is 1.88 bits per heavy atom. The zero-order valence-corrected chi connectivity index (χ0v) is 15.5. The largest absolute Gasteiger partial charge is 0.496 e. The van der Waals surface area contributed by atoms with E-state index in [1.165, 1.54) is 0 Å². The van der Waals surface area contributed by atoms with E-state index in [4.69, 9.17) is 16.3 Å². The number of para-hydroxylation sites is 1. The van der Waals surface area contributed by atoms with Crippen molar-refractivity contribution in [2.45, 2.75) is 26.3 Å².